The standard InChI is InChI=1S/C27H31NO/c1-5-26(22-11-7-6-8-12-22)27(24-13-9-10-21(2)20-24)23-14-16-25(17-15-23)29-19-18-28(3)4/h6-17,20H,5,18-19H2,1-4H3. The van der Waals surface area contributed by atoms with Gasteiger partial charge in [-0.25, -0.2) is 0 Å². The molecule has 0 spiro atoms. The Morgan fingerprint density at radius 1 is 0.793 bits per heavy atom. The van der Waals surface area contributed by atoms with Crippen molar-refractivity contribution < 1.29 is 4.74 Å². The first-order valence-corrected chi connectivity index (χ1v) is 10.3. The number of allylic oxidation sites excluding steroid dienone is 1. The maximum atomic E-state index is 5.89. The number of benzene rings is 3. The molecule has 0 radical (unpaired) electrons. The van der Waals surface area contributed by atoms with Crippen molar-refractivity contribution in [3.05, 3.63) is 101 Å². The lowest BCUT2D eigenvalue weighted by molar-refractivity contribution is 0.261. The molecule has 0 saturated carbocycles. The van der Waals surface area contributed by atoms with Crippen molar-refractivity contribution in [1.29, 1.82) is 0 Å². The van der Waals surface area contributed by atoms with Crippen molar-refractivity contribution in [1.82, 2.24) is 4.90 Å². The average Bonchev–Trinajstić information content (AvgIpc) is 2.73. The van der Waals surface area contributed by atoms with Gasteiger partial charge in [-0.3, -0.25) is 0 Å². The quantitative estimate of drug-likeness (QED) is 0.422. The largest absolute Gasteiger partial charge is 0.492 e. The van der Waals surface area contributed by atoms with Crippen LogP contribution in [0, 0.1) is 6.92 Å². The molecule has 150 valence electrons. The second-order valence-electron chi connectivity index (χ2n) is 7.62. The van der Waals surface area contributed by atoms with E-state index < -0.39 is 0 Å². The molecular weight excluding hydrogens is 354 g/mol. The SMILES string of the molecule is CCC(=C(c1ccc(OCCN(C)C)cc1)c1cccc(C)c1)c1ccccc1. The van der Waals surface area contributed by atoms with Crippen LogP contribution in [0.4, 0.5) is 0 Å². The first kappa shape index (κ1) is 20.9. The maximum Gasteiger partial charge on any atom is 0.119 e. The fourth-order valence-electron chi connectivity index (χ4n) is 3.54. The van der Waals surface area contributed by atoms with E-state index in [2.05, 4.69) is 112 Å². The van der Waals surface area contributed by atoms with E-state index in [1.54, 1.807) is 0 Å². The molecule has 29 heavy (non-hydrogen) atoms. The third-order valence-electron chi connectivity index (χ3n) is 5.03. The van der Waals surface area contributed by atoms with Gasteiger partial charge in [0, 0.05) is 6.54 Å². The summed E-state index contributed by atoms with van der Waals surface area (Å²) in [5.41, 5.74) is 7.67. The zero-order chi connectivity index (χ0) is 20.6. The Bertz CT molecular complexity index is 940. The second kappa shape index (κ2) is 10.1. The van der Waals surface area contributed by atoms with Gasteiger partial charge in [-0.1, -0.05) is 79.2 Å². The van der Waals surface area contributed by atoms with Crippen LogP contribution in [0.3, 0.4) is 0 Å². The summed E-state index contributed by atoms with van der Waals surface area (Å²) in [6, 6.07) is 28.0. The maximum absolute atomic E-state index is 5.89. The molecule has 0 bridgehead atoms. The van der Waals surface area contributed by atoms with Crippen LogP contribution in [0.5, 0.6) is 5.75 Å². The fraction of sp³-hybridized carbons (Fsp3) is 0.259. The predicted molar refractivity (Wildman–Crippen MR) is 124 cm³/mol. The molecule has 0 aliphatic rings. The Balaban J connectivity index is 2.03. The predicted octanol–water partition coefficient (Wildman–Crippen LogP) is 6.30. The van der Waals surface area contributed by atoms with Crippen molar-refractivity contribution in [2.45, 2.75) is 20.3 Å². The molecule has 0 aliphatic heterocycles. The van der Waals surface area contributed by atoms with Gasteiger partial charge in [-0.15, -0.1) is 0 Å². The van der Waals surface area contributed by atoms with Crippen LogP contribution >= 0.6 is 0 Å². The van der Waals surface area contributed by atoms with Crippen LogP contribution in [0.15, 0.2) is 78.9 Å². The Morgan fingerprint density at radius 2 is 1.48 bits per heavy atom. The highest BCUT2D eigenvalue weighted by Gasteiger charge is 2.13. The number of rotatable bonds is 8. The van der Waals surface area contributed by atoms with Gasteiger partial charge in [0.2, 0.25) is 0 Å². The highest BCUT2D eigenvalue weighted by molar-refractivity contribution is 5.98. The Hall–Kier alpha value is -2.84. The molecule has 3 aromatic rings. The van der Waals surface area contributed by atoms with Crippen molar-refractivity contribution in [3.8, 4) is 5.75 Å². The topological polar surface area (TPSA) is 12.5 Å². The van der Waals surface area contributed by atoms with Crippen molar-refractivity contribution in [2.24, 2.45) is 0 Å². The molecular formula is C27H31NO. The van der Waals surface area contributed by atoms with E-state index in [4.69, 9.17) is 4.74 Å². The first-order chi connectivity index (χ1) is 14.1. The minimum Gasteiger partial charge on any atom is -0.492 e. The van der Waals surface area contributed by atoms with Crippen LogP contribution in [0.1, 0.15) is 35.6 Å². The third kappa shape index (κ3) is 5.58. The monoisotopic (exact) mass is 385 g/mol. The van der Waals surface area contributed by atoms with E-state index in [0.29, 0.717) is 6.61 Å². The molecule has 0 N–H and O–H groups in total. The van der Waals surface area contributed by atoms with E-state index in [9.17, 15) is 0 Å². The van der Waals surface area contributed by atoms with Gasteiger partial charge in [-0.05, 0) is 67.4 Å². The van der Waals surface area contributed by atoms with Crippen molar-refractivity contribution in [3.63, 3.8) is 0 Å². The Morgan fingerprint density at radius 3 is 2.10 bits per heavy atom. The highest BCUT2D eigenvalue weighted by atomic mass is 16.5. The van der Waals surface area contributed by atoms with Crippen LogP contribution in [-0.4, -0.2) is 32.1 Å². The zero-order valence-corrected chi connectivity index (χ0v) is 18.0. The lowest BCUT2D eigenvalue weighted by atomic mass is 9.88. The Labute approximate surface area is 175 Å². The van der Waals surface area contributed by atoms with Gasteiger partial charge in [0.05, 0.1) is 0 Å². The summed E-state index contributed by atoms with van der Waals surface area (Å²) in [7, 11) is 4.11. The van der Waals surface area contributed by atoms with Crippen LogP contribution < -0.4 is 4.74 Å². The smallest absolute Gasteiger partial charge is 0.119 e. The van der Waals surface area contributed by atoms with Gasteiger partial charge >= 0.3 is 0 Å². The number of hydrogen-bond acceptors (Lipinski definition) is 2. The molecule has 0 aromatic heterocycles. The van der Waals surface area contributed by atoms with E-state index in [1.165, 1.54) is 33.4 Å². The summed E-state index contributed by atoms with van der Waals surface area (Å²) in [4.78, 5) is 2.13. The molecule has 0 amide bonds. The van der Waals surface area contributed by atoms with Gasteiger partial charge in [-0.2, -0.15) is 0 Å². The number of aryl methyl sites for hydroxylation is 1. The molecule has 0 heterocycles. The fourth-order valence-corrected chi connectivity index (χ4v) is 3.54. The molecule has 3 aromatic carbocycles. The molecule has 2 nitrogen and oxygen atoms in total. The third-order valence-corrected chi connectivity index (χ3v) is 5.03. The molecule has 2 heteroatoms. The van der Waals surface area contributed by atoms with Crippen LogP contribution in [0.2, 0.25) is 0 Å². The highest BCUT2D eigenvalue weighted by Crippen LogP contribution is 2.35. The number of nitrogens with zero attached hydrogens (tertiary/aromatic N) is 1. The second-order valence-corrected chi connectivity index (χ2v) is 7.62. The first-order valence-electron chi connectivity index (χ1n) is 10.3. The minimum absolute atomic E-state index is 0.692. The molecule has 0 saturated heterocycles. The van der Waals surface area contributed by atoms with Crippen LogP contribution in [-0.2, 0) is 0 Å². The molecule has 0 aliphatic carbocycles. The summed E-state index contributed by atoms with van der Waals surface area (Å²) in [6.45, 7) is 5.98. The van der Waals surface area contributed by atoms with E-state index in [-0.39, 0.29) is 0 Å². The normalized spacial score (nSPS) is 12.0. The molecule has 0 fully saturated rings. The van der Waals surface area contributed by atoms with Gasteiger partial charge in [0.25, 0.3) is 0 Å². The van der Waals surface area contributed by atoms with Crippen molar-refractivity contribution >= 4 is 11.1 Å². The number of ether oxygens (including phenoxy) is 1. The minimum atomic E-state index is 0.692. The summed E-state index contributed by atoms with van der Waals surface area (Å²) in [6.07, 6.45) is 0.967. The van der Waals surface area contributed by atoms with Gasteiger partial charge < -0.3 is 9.64 Å². The Kier molecular flexibility index (Phi) is 7.26. The van der Waals surface area contributed by atoms with E-state index >= 15 is 0 Å². The lowest BCUT2D eigenvalue weighted by Gasteiger charge is -2.17. The van der Waals surface area contributed by atoms with Crippen LogP contribution in [0.25, 0.3) is 11.1 Å². The van der Waals surface area contributed by atoms with Crippen molar-refractivity contribution in [2.75, 3.05) is 27.2 Å². The zero-order valence-electron chi connectivity index (χ0n) is 18.0. The number of likely N-dealkylation sites (N-methyl/N-ethyl adjacent to an activating group) is 1. The summed E-state index contributed by atoms with van der Waals surface area (Å²) in [5, 5.41) is 0. The van der Waals surface area contributed by atoms with E-state index in [1.807, 2.05) is 0 Å². The lowest BCUT2D eigenvalue weighted by Crippen LogP contribution is -2.19. The summed E-state index contributed by atoms with van der Waals surface area (Å²) in [5.74, 6) is 0.914. The number of hydrogen-bond donors (Lipinski definition) is 0. The van der Waals surface area contributed by atoms with Gasteiger partial charge in [0.1, 0.15) is 12.4 Å². The summed E-state index contributed by atoms with van der Waals surface area (Å²) < 4.78 is 5.89. The molecule has 0 unspecified atom stereocenters. The molecule has 3 rings (SSSR count). The van der Waals surface area contributed by atoms with Gasteiger partial charge in [0.15, 0.2) is 0 Å². The summed E-state index contributed by atoms with van der Waals surface area (Å²) >= 11 is 0. The average molecular weight is 386 g/mol. The molecule has 0 atom stereocenters. The van der Waals surface area contributed by atoms with E-state index in [0.717, 1.165) is 18.7 Å².